The smallest absolute Gasteiger partial charge is 0.412 e. The summed E-state index contributed by atoms with van der Waals surface area (Å²) in [7, 11) is -34.5. The average Bonchev–Trinajstić information content (AvgIpc) is 0.803. The minimum Gasteiger partial charge on any atom is -0.412 e. The number of aliphatic hydroxyl groups is 2. The molecule has 34 N–H and O–H groups in total. The Labute approximate surface area is 912 Å². The topological polar surface area (TPSA) is 755 Å². The van der Waals surface area contributed by atoms with E-state index < -0.39 is 106 Å². The van der Waals surface area contributed by atoms with E-state index in [2.05, 4.69) is 0 Å². The zero-order valence-electron chi connectivity index (χ0n) is 97.9. The van der Waals surface area contributed by atoms with Crippen LogP contribution in [0.15, 0.2) is 0 Å². The number of nitrogens with two attached hydrogens (primary N) is 12. The number of aliphatic hydroxyl groups excluding tert-OH is 2. The molecule has 0 saturated carbocycles. The Morgan fingerprint density at radius 3 is 0.338 bits per heavy atom. The molecule has 0 saturated heterocycles. The normalized spacial score (nSPS) is 12.4. The van der Waals surface area contributed by atoms with Gasteiger partial charge in [0.25, 0.3) is 0 Å². The number of rotatable bonds is 90. The molecule has 0 aliphatic rings. The molecule has 0 rings (SSSR count). The van der Waals surface area contributed by atoms with Gasteiger partial charge in [-0.25, -0.2) is 0 Å². The third kappa shape index (κ3) is 102. The zero-order valence-corrected chi connectivity index (χ0v) is 110. The molecule has 0 aliphatic heterocycles. The van der Waals surface area contributed by atoms with E-state index in [9.17, 15) is 28.8 Å². The van der Waals surface area contributed by atoms with Crippen molar-refractivity contribution >= 4 is 106 Å². The first kappa shape index (κ1) is 174. The maximum atomic E-state index is 10.7. The lowest BCUT2D eigenvalue weighted by Crippen LogP contribution is -2.59. The van der Waals surface area contributed by atoms with Crippen LogP contribution in [0.3, 0.4) is 0 Å². The third-order valence-corrected chi connectivity index (χ3v) is 54.9. The van der Waals surface area contributed by atoms with E-state index in [1.54, 1.807) is 13.8 Å². The molecule has 0 radical (unpaired) electrons. The maximum absolute atomic E-state index is 10.7. The Kier molecular flexibility index (Phi) is 143. The molecule has 0 aromatic carbocycles. The third-order valence-electron chi connectivity index (χ3n) is 18.0. The lowest BCUT2D eigenvalue weighted by atomic mass is 10.5. The summed E-state index contributed by atoms with van der Waals surface area (Å²) in [6.45, 7) is 68.4. The molecule has 0 aromatic rings. The molecule has 148 heavy (non-hydrogen) atoms. The molecule has 48 nitrogen and oxygen atoms in total. The van der Waals surface area contributed by atoms with Crippen molar-refractivity contribution < 1.29 is 163 Å². The molecule has 1 unspecified atom stereocenters. The number of hydrogen-bond donors (Lipinski definition) is 20. The molecule has 0 amide bonds. The van der Waals surface area contributed by atoms with Crippen molar-refractivity contribution in [3.05, 3.63) is 0 Å². The van der Waals surface area contributed by atoms with Crippen molar-refractivity contribution in [3.8, 4) is 0 Å². The minimum absolute atomic E-state index is 0. The first-order valence-electron chi connectivity index (χ1n) is 54.6. The highest BCUT2D eigenvalue weighted by Gasteiger charge is 2.56. The van der Waals surface area contributed by atoms with Gasteiger partial charge in [0.2, 0.25) is 0 Å². The number of hydrogen-bond acceptors (Lipinski definition) is 47. The zero-order chi connectivity index (χ0) is 115. The van der Waals surface area contributed by atoms with Gasteiger partial charge in [0.1, 0.15) is 0 Å². The fourth-order valence-corrected chi connectivity index (χ4v) is 46.6. The molecule has 912 valence electrons. The van der Waals surface area contributed by atoms with Crippen molar-refractivity contribution in [2.75, 3.05) is 250 Å². The Bertz CT molecular complexity index is 2230. The van der Waals surface area contributed by atoms with Crippen molar-refractivity contribution in [3.63, 3.8) is 0 Å². The van der Waals surface area contributed by atoms with Gasteiger partial charge in [-0.3, -0.25) is 0 Å². The highest BCUT2D eigenvalue weighted by Crippen LogP contribution is 2.32. The first-order chi connectivity index (χ1) is 70.1. The summed E-state index contributed by atoms with van der Waals surface area (Å²) >= 11 is 0. The summed E-state index contributed by atoms with van der Waals surface area (Å²) in [4.78, 5) is 59.6. The van der Waals surface area contributed by atoms with Gasteiger partial charge in [0.15, 0.2) is 0 Å². The summed E-state index contributed by atoms with van der Waals surface area (Å²) in [5.74, 6) is 0. The van der Waals surface area contributed by atoms with Crippen LogP contribution in [0.1, 0.15) is 257 Å². The molecule has 0 aromatic heterocycles. The Hall–Kier alpha value is 0.683. The van der Waals surface area contributed by atoms with Crippen LogP contribution in [0.5, 0.6) is 0 Å². The predicted octanol–water partition coefficient (Wildman–Crippen LogP) is 6.38. The Morgan fingerprint density at radius 2 is 0.223 bits per heavy atom. The van der Waals surface area contributed by atoms with E-state index in [0.29, 0.717) is 310 Å². The van der Waals surface area contributed by atoms with Gasteiger partial charge in [-0.1, -0.05) is 0 Å². The lowest BCUT2D eigenvalue weighted by Gasteiger charge is -2.38. The molecular weight excluding hydrogens is 2140 g/mol. The van der Waals surface area contributed by atoms with Gasteiger partial charge in [-0.15, -0.1) is 0 Å². The van der Waals surface area contributed by atoms with Gasteiger partial charge < -0.3 is 232 Å². The monoisotopic (exact) mass is 2370 g/mol. The quantitative estimate of drug-likeness (QED) is 0.0294. The van der Waals surface area contributed by atoms with Crippen molar-refractivity contribution in [1.82, 2.24) is 0 Å². The van der Waals surface area contributed by atoms with Crippen molar-refractivity contribution in [1.29, 1.82) is 0 Å². The van der Waals surface area contributed by atoms with Crippen molar-refractivity contribution in [2.24, 2.45) is 68.8 Å². The highest BCUT2D eigenvalue weighted by molar-refractivity contribution is 6.76. The molecule has 60 heteroatoms. The SMILES string of the molecule is CCO.CCO.CCO[Si](CCCN)(OCC)OCC.CCO[Si](CCCN)(OCC)O[Si](CCCN)(OCC)OCC.CCO[Si](CCCN)(OCC)O[Si](CCCN)(OCC)OCC.CCO[Si](O)(CCCN)OCC.CCO[Si](O)(CCCN)OCC.CCO[Si](O)(CCCN)OCC.CCO[Si](O)(CCCN)OCC.CCO[Si](O)(CCCN)OCC.CCO[Si](O)(CCCN)O[Si](CCCN)(OCC)OCC.O. The Morgan fingerprint density at radius 1 is 0.135 bits per heavy atom. The Balaban J connectivity index is -0.000000141. The largest absolute Gasteiger partial charge is 0.500 e. The van der Waals surface area contributed by atoms with E-state index in [1.807, 2.05) is 166 Å². The predicted molar refractivity (Wildman–Crippen MR) is 616 cm³/mol. The highest BCUT2D eigenvalue weighted by atomic mass is 28.5. The maximum Gasteiger partial charge on any atom is 0.500 e. The van der Waals surface area contributed by atoms with E-state index in [1.165, 1.54) is 0 Å². The minimum atomic E-state index is -3.34. The van der Waals surface area contributed by atoms with Gasteiger partial charge in [0, 0.05) is 244 Å². The molecule has 1 atom stereocenters. The van der Waals surface area contributed by atoms with Crippen LogP contribution in [0.25, 0.3) is 0 Å². The molecule has 0 aliphatic carbocycles. The first-order valence-corrected chi connectivity index (χ1v) is 78.0. The lowest BCUT2D eigenvalue weighted by molar-refractivity contribution is 0.0476. The second-order valence-corrected chi connectivity index (χ2v) is 62.5. The van der Waals surface area contributed by atoms with Gasteiger partial charge in [0.05, 0.1) is 0 Å². The summed E-state index contributed by atoms with van der Waals surface area (Å²) in [5.41, 5.74) is 65.9. The van der Waals surface area contributed by atoms with Crippen LogP contribution in [0.4, 0.5) is 0 Å². The summed E-state index contributed by atoms with van der Waals surface area (Å²) in [6.07, 6.45) is 9.16. The van der Waals surface area contributed by atoms with E-state index >= 15 is 0 Å². The molecule has 0 fully saturated rings. The summed E-state index contributed by atoms with van der Waals surface area (Å²) in [5, 5.41) is 15.1. The van der Waals surface area contributed by atoms with Crippen molar-refractivity contribution in [2.45, 2.75) is 330 Å². The van der Waals surface area contributed by atoms with Crippen LogP contribution in [-0.4, -0.2) is 400 Å². The van der Waals surface area contributed by atoms with Crippen LogP contribution >= 0.6 is 0 Å². The standard InChI is InChI=1S/2C14H36N2O5Si2.C12H32N2O5Si2.C9H23NO3Si.5C7H19NO3Si.2C2H6O.H2O/c2*1-5-17-22(18-6-2,13-9-11-15)21-23(19-7-3,20-8-4)14-10-12-16;1-4-16-20(15,11-7-9-13)19-21(17-5-2,18-6-3)12-8-10-14;1-4-11-14(12-5-2,13-6-3)9-7-8-10;5*1-3-10-12(9,11-4-2)7-5-6-8;2*1-2-3;/h2*5-16H2,1-4H3;15H,4-14H2,1-3H3;4-10H2,1-3H3;5*9H,3-8H2,1-2H3;2*3H,2H2,1H3;1H2. The van der Waals surface area contributed by atoms with E-state index in [0.717, 1.165) is 76.7 Å². The van der Waals surface area contributed by atoms with Gasteiger partial charge in [-0.2, -0.15) is 0 Å². The van der Waals surface area contributed by atoms with Gasteiger partial charge in [-0.05, 0) is 336 Å². The second-order valence-electron chi connectivity index (χ2n) is 30.4. The van der Waals surface area contributed by atoms with Gasteiger partial charge >= 0.3 is 106 Å². The molecule has 0 bridgehead atoms. The van der Waals surface area contributed by atoms with Crippen LogP contribution in [0, 0.1) is 0 Å². The van der Waals surface area contributed by atoms with E-state index in [-0.39, 0.29) is 18.7 Å². The average molecular weight is 2380 g/mol. The fraction of sp³-hybridized carbons (Fsp3) is 1.00. The molecule has 0 heterocycles. The summed E-state index contributed by atoms with van der Waals surface area (Å²) < 4.78 is 153. The van der Waals surface area contributed by atoms with Crippen LogP contribution in [-0.2, 0) is 119 Å². The molecular formula is C88H236N12O36Si12. The van der Waals surface area contributed by atoms with Crippen LogP contribution in [0.2, 0.25) is 72.5 Å². The van der Waals surface area contributed by atoms with Crippen LogP contribution < -0.4 is 68.8 Å². The summed E-state index contributed by atoms with van der Waals surface area (Å²) in [6, 6.07) is 7.29. The second kappa shape index (κ2) is 122. The molecule has 0 spiro atoms. The fourth-order valence-electron chi connectivity index (χ4n) is 12.8. The van der Waals surface area contributed by atoms with E-state index in [4.69, 9.17) is 198 Å².